The summed E-state index contributed by atoms with van der Waals surface area (Å²) in [5.41, 5.74) is -0.534. The number of carbonyl (C=O) groups excluding carboxylic acids is 1. The van der Waals surface area contributed by atoms with Crippen LogP contribution in [-0.4, -0.2) is 49.1 Å². The zero-order valence-electron chi connectivity index (χ0n) is 13.6. The Hall–Kier alpha value is -1.89. The zero-order chi connectivity index (χ0) is 17.5. The molecule has 24 heavy (non-hydrogen) atoms. The lowest BCUT2D eigenvalue weighted by Crippen LogP contribution is -2.37. The van der Waals surface area contributed by atoms with Gasteiger partial charge in [0.2, 0.25) is 0 Å². The van der Waals surface area contributed by atoms with E-state index in [0.29, 0.717) is 18.5 Å². The lowest BCUT2D eigenvalue weighted by atomic mass is 9.81. The third kappa shape index (κ3) is 2.60. The number of aliphatic carboxylic acids is 1. The predicted molar refractivity (Wildman–Crippen MR) is 87.5 cm³/mol. The van der Waals surface area contributed by atoms with E-state index in [9.17, 15) is 23.1 Å². The number of rotatable bonds is 4. The number of hydrogen-bond acceptors (Lipinski definition) is 4. The van der Waals surface area contributed by atoms with Gasteiger partial charge in [0.25, 0.3) is 5.91 Å². The molecule has 1 aliphatic heterocycles. The summed E-state index contributed by atoms with van der Waals surface area (Å²) in [5.74, 6) is -1.17. The first-order valence-corrected chi connectivity index (χ1v) is 9.81. The van der Waals surface area contributed by atoms with E-state index in [1.54, 1.807) is 24.0 Å². The average Bonchev–Trinajstić information content (AvgIpc) is 3.12. The van der Waals surface area contributed by atoms with Crippen LogP contribution in [0.25, 0.3) is 0 Å². The second-order valence-electron chi connectivity index (χ2n) is 6.67. The molecule has 0 spiro atoms. The molecule has 1 amide bonds. The highest BCUT2D eigenvalue weighted by molar-refractivity contribution is 7.91. The first-order chi connectivity index (χ1) is 11.3. The van der Waals surface area contributed by atoms with Crippen LogP contribution in [0.1, 0.15) is 36.5 Å². The van der Waals surface area contributed by atoms with Crippen LogP contribution in [-0.2, 0) is 14.6 Å². The van der Waals surface area contributed by atoms with Gasteiger partial charge in [0.1, 0.15) is 0 Å². The molecule has 1 N–H and O–H groups in total. The Bertz CT molecular complexity index is 788. The second kappa shape index (κ2) is 5.88. The minimum atomic E-state index is -3.38. The lowest BCUT2D eigenvalue weighted by molar-refractivity contribution is -0.149. The fraction of sp³-hybridized carbons (Fsp3) is 0.529. The van der Waals surface area contributed by atoms with Crippen LogP contribution in [0.3, 0.4) is 0 Å². The van der Waals surface area contributed by atoms with Crippen molar-refractivity contribution in [2.75, 3.05) is 18.8 Å². The molecule has 1 heterocycles. The summed E-state index contributed by atoms with van der Waals surface area (Å²) in [7, 11) is -3.38. The predicted octanol–water partition coefficient (Wildman–Crippen LogP) is 1.81. The molecular formula is C17H21NO5S. The number of amides is 1. The van der Waals surface area contributed by atoms with Crippen molar-refractivity contribution in [3.05, 3.63) is 29.8 Å². The van der Waals surface area contributed by atoms with E-state index in [1.165, 1.54) is 12.1 Å². The van der Waals surface area contributed by atoms with Crippen molar-refractivity contribution >= 4 is 21.7 Å². The molecule has 0 aromatic heterocycles. The number of hydrogen-bond donors (Lipinski definition) is 1. The number of fused-ring (bicyclic) bond motifs is 1. The lowest BCUT2D eigenvalue weighted by Gasteiger charge is -2.23. The van der Waals surface area contributed by atoms with Gasteiger partial charge in [-0.25, -0.2) is 8.42 Å². The summed E-state index contributed by atoms with van der Waals surface area (Å²) in [4.78, 5) is 26.2. The van der Waals surface area contributed by atoms with E-state index in [1.807, 2.05) is 0 Å². The van der Waals surface area contributed by atoms with Crippen molar-refractivity contribution in [2.45, 2.75) is 31.1 Å². The third-order valence-electron chi connectivity index (χ3n) is 5.40. The van der Waals surface area contributed by atoms with E-state index in [0.717, 1.165) is 12.8 Å². The van der Waals surface area contributed by atoms with Gasteiger partial charge in [-0.3, -0.25) is 9.59 Å². The van der Waals surface area contributed by atoms with Gasteiger partial charge < -0.3 is 10.0 Å². The van der Waals surface area contributed by atoms with Gasteiger partial charge in [0, 0.05) is 18.7 Å². The van der Waals surface area contributed by atoms with Gasteiger partial charge in [0.05, 0.1) is 16.1 Å². The van der Waals surface area contributed by atoms with Gasteiger partial charge in [-0.2, -0.15) is 0 Å². The van der Waals surface area contributed by atoms with E-state index >= 15 is 0 Å². The summed E-state index contributed by atoms with van der Waals surface area (Å²) < 4.78 is 24.0. The molecule has 0 bridgehead atoms. The van der Waals surface area contributed by atoms with E-state index in [4.69, 9.17) is 0 Å². The van der Waals surface area contributed by atoms with Crippen molar-refractivity contribution < 1.29 is 23.1 Å². The largest absolute Gasteiger partial charge is 0.481 e. The highest BCUT2D eigenvalue weighted by Gasteiger charge is 2.55. The standard InChI is InChI=1S/C17H21NO5S/c1-2-24(22,23)14-7-3-5-12(9-14)15(19)18-10-13-6-4-8-17(13,11-18)16(20)21/h3,5,7,9,13H,2,4,6,8,10-11H2,1H3,(H,20,21)/t13-,17+/m0/s1. The Labute approximate surface area is 141 Å². The second-order valence-corrected chi connectivity index (χ2v) is 8.95. The maximum Gasteiger partial charge on any atom is 0.311 e. The number of carbonyl (C=O) groups is 2. The SMILES string of the molecule is CCS(=O)(=O)c1cccc(C(=O)N2C[C@@H]3CCC[C@@]3(C(=O)O)C2)c1. The molecule has 1 saturated carbocycles. The molecule has 6 nitrogen and oxygen atoms in total. The molecule has 0 unspecified atom stereocenters. The Kier molecular flexibility index (Phi) is 4.15. The van der Waals surface area contributed by atoms with E-state index in [2.05, 4.69) is 0 Å². The molecule has 3 rings (SSSR count). The highest BCUT2D eigenvalue weighted by atomic mass is 32.2. The number of nitrogens with zero attached hydrogens (tertiary/aromatic N) is 1. The summed E-state index contributed by atoms with van der Waals surface area (Å²) in [6, 6.07) is 6.01. The Morgan fingerprint density at radius 3 is 2.75 bits per heavy atom. The highest BCUT2D eigenvalue weighted by Crippen LogP contribution is 2.49. The molecule has 1 aromatic carbocycles. The van der Waals surface area contributed by atoms with Gasteiger partial charge in [-0.05, 0) is 37.0 Å². The van der Waals surface area contributed by atoms with Crippen molar-refractivity contribution in [3.8, 4) is 0 Å². The zero-order valence-corrected chi connectivity index (χ0v) is 14.4. The molecular weight excluding hydrogens is 330 g/mol. The molecule has 1 aliphatic carbocycles. The molecule has 7 heteroatoms. The number of likely N-dealkylation sites (tertiary alicyclic amines) is 1. The third-order valence-corrected chi connectivity index (χ3v) is 7.14. The van der Waals surface area contributed by atoms with E-state index in [-0.39, 0.29) is 29.0 Å². The normalized spacial score (nSPS) is 26.4. The molecule has 2 aliphatic rings. The Morgan fingerprint density at radius 2 is 2.12 bits per heavy atom. The number of sulfone groups is 1. The Morgan fingerprint density at radius 1 is 1.38 bits per heavy atom. The van der Waals surface area contributed by atoms with Crippen molar-refractivity contribution in [1.29, 1.82) is 0 Å². The summed E-state index contributed by atoms with van der Waals surface area (Å²) >= 11 is 0. The van der Waals surface area contributed by atoms with Gasteiger partial charge in [-0.1, -0.05) is 19.4 Å². The van der Waals surface area contributed by atoms with Gasteiger partial charge in [0.15, 0.2) is 9.84 Å². The van der Waals surface area contributed by atoms with Crippen LogP contribution < -0.4 is 0 Å². The molecule has 2 fully saturated rings. The van der Waals surface area contributed by atoms with Crippen molar-refractivity contribution in [3.63, 3.8) is 0 Å². The molecule has 130 valence electrons. The maximum absolute atomic E-state index is 12.7. The number of carboxylic acid groups (broad SMARTS) is 1. The van der Waals surface area contributed by atoms with Crippen LogP contribution in [0.15, 0.2) is 29.2 Å². The smallest absolute Gasteiger partial charge is 0.311 e. The molecule has 0 radical (unpaired) electrons. The van der Waals surface area contributed by atoms with Crippen LogP contribution in [0, 0.1) is 11.3 Å². The monoisotopic (exact) mass is 351 g/mol. The minimum Gasteiger partial charge on any atom is -0.481 e. The van der Waals surface area contributed by atoms with Crippen molar-refractivity contribution in [2.24, 2.45) is 11.3 Å². The molecule has 2 atom stereocenters. The Balaban J connectivity index is 1.86. The molecule has 1 saturated heterocycles. The fourth-order valence-corrected chi connectivity index (χ4v) is 4.89. The fourth-order valence-electron chi connectivity index (χ4n) is 3.97. The van der Waals surface area contributed by atoms with Crippen LogP contribution in [0.4, 0.5) is 0 Å². The maximum atomic E-state index is 12.7. The van der Waals surface area contributed by atoms with Gasteiger partial charge in [-0.15, -0.1) is 0 Å². The first kappa shape index (κ1) is 17.0. The summed E-state index contributed by atoms with van der Waals surface area (Å²) in [6.07, 6.45) is 2.30. The average molecular weight is 351 g/mol. The van der Waals surface area contributed by atoms with Crippen LogP contribution in [0.2, 0.25) is 0 Å². The molecule has 1 aromatic rings. The van der Waals surface area contributed by atoms with E-state index < -0.39 is 21.2 Å². The van der Waals surface area contributed by atoms with Crippen LogP contribution >= 0.6 is 0 Å². The minimum absolute atomic E-state index is 0.0125. The quantitative estimate of drug-likeness (QED) is 0.893. The summed E-state index contributed by atoms with van der Waals surface area (Å²) in [6.45, 7) is 2.19. The van der Waals surface area contributed by atoms with Gasteiger partial charge >= 0.3 is 5.97 Å². The summed E-state index contributed by atoms with van der Waals surface area (Å²) in [5, 5.41) is 9.61. The topological polar surface area (TPSA) is 91.8 Å². The number of benzene rings is 1. The van der Waals surface area contributed by atoms with Crippen LogP contribution in [0.5, 0.6) is 0 Å². The van der Waals surface area contributed by atoms with Crippen molar-refractivity contribution in [1.82, 2.24) is 4.90 Å². The number of carboxylic acids is 1. The first-order valence-electron chi connectivity index (χ1n) is 8.15.